The van der Waals surface area contributed by atoms with Gasteiger partial charge in [0.05, 0.1) is 6.04 Å². The topological polar surface area (TPSA) is 15.3 Å². The van der Waals surface area contributed by atoms with E-state index in [1.54, 1.807) is 24.3 Å². The van der Waals surface area contributed by atoms with Gasteiger partial charge in [-0.05, 0) is 17.7 Å². The number of nitrogens with one attached hydrogen (secondary N) is 1. The van der Waals surface area contributed by atoms with E-state index in [-0.39, 0.29) is 0 Å². The van der Waals surface area contributed by atoms with E-state index in [0.717, 1.165) is 13.1 Å². The van der Waals surface area contributed by atoms with E-state index in [4.69, 9.17) is 11.6 Å². The van der Waals surface area contributed by atoms with Gasteiger partial charge < -0.3 is 5.32 Å². The van der Waals surface area contributed by atoms with Crippen molar-refractivity contribution in [2.45, 2.75) is 12.5 Å². The van der Waals surface area contributed by atoms with Crippen molar-refractivity contribution in [2.75, 3.05) is 26.2 Å². The number of benzene rings is 1. The Hall–Kier alpha value is -0.710. The van der Waals surface area contributed by atoms with Crippen LogP contribution in [0.4, 0.5) is 8.78 Å². The van der Waals surface area contributed by atoms with Crippen molar-refractivity contribution < 1.29 is 8.78 Å². The van der Waals surface area contributed by atoms with E-state index in [2.05, 4.69) is 5.32 Å². The molecule has 1 heterocycles. The zero-order chi connectivity index (χ0) is 12.3. The maximum atomic E-state index is 13.2. The maximum Gasteiger partial charge on any atom is 0.258 e. The quantitative estimate of drug-likeness (QED) is 0.899. The highest BCUT2D eigenvalue weighted by atomic mass is 35.5. The van der Waals surface area contributed by atoms with Crippen LogP contribution in [0.5, 0.6) is 0 Å². The highest BCUT2D eigenvalue weighted by molar-refractivity contribution is 6.30. The summed E-state index contributed by atoms with van der Waals surface area (Å²) in [6.07, 6.45) is -2.38. The Morgan fingerprint density at radius 3 is 2.24 bits per heavy atom. The Balaban J connectivity index is 2.18. The van der Waals surface area contributed by atoms with Crippen LogP contribution in [0.25, 0.3) is 0 Å². The predicted molar refractivity (Wildman–Crippen MR) is 64.6 cm³/mol. The fourth-order valence-corrected chi connectivity index (χ4v) is 2.26. The smallest absolute Gasteiger partial charge is 0.258 e. The molecule has 0 saturated carbocycles. The number of piperazine rings is 1. The predicted octanol–water partition coefficient (Wildman–Crippen LogP) is 2.55. The molecule has 1 saturated heterocycles. The lowest BCUT2D eigenvalue weighted by atomic mass is 10.1. The highest BCUT2D eigenvalue weighted by Crippen LogP contribution is 2.28. The minimum absolute atomic E-state index is 0.571. The molecule has 2 nitrogen and oxygen atoms in total. The summed E-state index contributed by atoms with van der Waals surface area (Å²) >= 11 is 5.77. The van der Waals surface area contributed by atoms with Gasteiger partial charge in [-0.15, -0.1) is 0 Å². The van der Waals surface area contributed by atoms with Gasteiger partial charge in [-0.2, -0.15) is 0 Å². The van der Waals surface area contributed by atoms with Crippen LogP contribution in [0.3, 0.4) is 0 Å². The number of hydrogen-bond donors (Lipinski definition) is 1. The van der Waals surface area contributed by atoms with Crippen LogP contribution in [0.1, 0.15) is 11.6 Å². The second kappa shape index (κ2) is 5.76. The van der Waals surface area contributed by atoms with E-state index in [9.17, 15) is 8.78 Å². The van der Waals surface area contributed by atoms with E-state index in [0.29, 0.717) is 23.7 Å². The van der Waals surface area contributed by atoms with Crippen molar-refractivity contribution >= 4 is 11.6 Å². The van der Waals surface area contributed by atoms with Gasteiger partial charge in [0.2, 0.25) is 0 Å². The molecule has 1 aliphatic rings. The van der Waals surface area contributed by atoms with Crippen LogP contribution >= 0.6 is 11.6 Å². The molecular formula is C12H15ClF2N2. The van der Waals surface area contributed by atoms with Crippen LogP contribution in [0, 0.1) is 0 Å². The first-order valence-corrected chi connectivity index (χ1v) is 6.04. The first kappa shape index (κ1) is 12.7. The summed E-state index contributed by atoms with van der Waals surface area (Å²) in [7, 11) is 0. The molecule has 1 atom stereocenters. The van der Waals surface area contributed by atoms with Crippen LogP contribution < -0.4 is 5.32 Å². The van der Waals surface area contributed by atoms with E-state index < -0.39 is 12.5 Å². The third-order valence-electron chi connectivity index (χ3n) is 3.00. The molecule has 94 valence electrons. The van der Waals surface area contributed by atoms with Gasteiger partial charge in [-0.1, -0.05) is 23.7 Å². The summed E-state index contributed by atoms with van der Waals surface area (Å²) in [5, 5.41) is 3.73. The maximum absolute atomic E-state index is 13.2. The number of alkyl halides is 2. The monoisotopic (exact) mass is 260 g/mol. The van der Waals surface area contributed by atoms with Crippen molar-refractivity contribution in [1.82, 2.24) is 10.2 Å². The molecule has 2 rings (SSSR count). The first-order chi connectivity index (χ1) is 8.18. The van der Waals surface area contributed by atoms with Gasteiger partial charge in [-0.3, -0.25) is 4.90 Å². The second-order valence-corrected chi connectivity index (χ2v) is 4.55. The van der Waals surface area contributed by atoms with Crippen LogP contribution in [0.15, 0.2) is 24.3 Å². The zero-order valence-electron chi connectivity index (χ0n) is 9.37. The van der Waals surface area contributed by atoms with Gasteiger partial charge in [0, 0.05) is 31.2 Å². The van der Waals surface area contributed by atoms with E-state index >= 15 is 0 Å². The molecule has 0 radical (unpaired) electrons. The molecule has 1 aliphatic heterocycles. The number of hydrogen-bond acceptors (Lipinski definition) is 2. The zero-order valence-corrected chi connectivity index (χ0v) is 10.1. The lowest BCUT2D eigenvalue weighted by molar-refractivity contribution is 0.0182. The molecule has 0 spiro atoms. The molecule has 17 heavy (non-hydrogen) atoms. The molecule has 0 amide bonds. The number of nitrogens with zero attached hydrogens (tertiary/aromatic N) is 1. The summed E-state index contributed by atoms with van der Waals surface area (Å²) in [6.45, 7) is 2.82. The highest BCUT2D eigenvalue weighted by Gasteiger charge is 2.29. The summed E-state index contributed by atoms with van der Waals surface area (Å²) < 4.78 is 26.3. The molecule has 0 bridgehead atoms. The molecule has 1 N–H and O–H groups in total. The van der Waals surface area contributed by atoms with Crippen LogP contribution in [-0.4, -0.2) is 37.5 Å². The average molecular weight is 261 g/mol. The Kier molecular flexibility index (Phi) is 4.31. The van der Waals surface area contributed by atoms with Crippen molar-refractivity contribution in [2.24, 2.45) is 0 Å². The third kappa shape index (κ3) is 3.15. The van der Waals surface area contributed by atoms with E-state index in [1.165, 1.54) is 0 Å². The molecule has 0 unspecified atom stereocenters. The van der Waals surface area contributed by atoms with Crippen LogP contribution in [0.2, 0.25) is 5.02 Å². The Morgan fingerprint density at radius 2 is 1.71 bits per heavy atom. The minimum atomic E-state index is -2.38. The Bertz CT molecular complexity index is 350. The standard InChI is InChI=1S/C12H15ClF2N2/c13-10-3-1-9(2-4-10)11(12(14)15)17-7-5-16-6-8-17/h1-4,11-12,16H,5-8H2/t11-/m0/s1. The summed E-state index contributed by atoms with van der Waals surface area (Å²) in [5.74, 6) is 0. The summed E-state index contributed by atoms with van der Waals surface area (Å²) in [5.41, 5.74) is 0.631. The SMILES string of the molecule is FC(F)[C@H](c1ccc(Cl)cc1)N1CCNCC1. The van der Waals surface area contributed by atoms with E-state index in [1.807, 2.05) is 4.90 Å². The fraction of sp³-hybridized carbons (Fsp3) is 0.500. The minimum Gasteiger partial charge on any atom is -0.314 e. The lowest BCUT2D eigenvalue weighted by Crippen LogP contribution is -2.46. The molecule has 0 aliphatic carbocycles. The Morgan fingerprint density at radius 1 is 1.12 bits per heavy atom. The molecule has 5 heteroatoms. The summed E-state index contributed by atoms with van der Waals surface area (Å²) in [6, 6.07) is 5.86. The molecule has 1 aromatic rings. The molecule has 1 fully saturated rings. The largest absolute Gasteiger partial charge is 0.314 e. The second-order valence-electron chi connectivity index (χ2n) is 4.12. The van der Waals surface area contributed by atoms with Gasteiger partial charge >= 0.3 is 0 Å². The number of halogens is 3. The lowest BCUT2D eigenvalue weighted by Gasteiger charge is -2.34. The fourth-order valence-electron chi connectivity index (χ4n) is 2.14. The van der Waals surface area contributed by atoms with Crippen molar-refractivity contribution in [3.63, 3.8) is 0 Å². The van der Waals surface area contributed by atoms with Crippen molar-refractivity contribution in [3.05, 3.63) is 34.9 Å². The van der Waals surface area contributed by atoms with Gasteiger partial charge in [0.25, 0.3) is 6.43 Å². The average Bonchev–Trinajstić information content (AvgIpc) is 2.33. The van der Waals surface area contributed by atoms with Crippen LogP contribution in [-0.2, 0) is 0 Å². The van der Waals surface area contributed by atoms with Gasteiger partial charge in [-0.25, -0.2) is 8.78 Å². The molecule has 0 aromatic heterocycles. The summed E-state index contributed by atoms with van der Waals surface area (Å²) in [4.78, 5) is 1.82. The molecule has 1 aromatic carbocycles. The first-order valence-electron chi connectivity index (χ1n) is 5.67. The van der Waals surface area contributed by atoms with Gasteiger partial charge in [0.15, 0.2) is 0 Å². The third-order valence-corrected chi connectivity index (χ3v) is 3.25. The van der Waals surface area contributed by atoms with Gasteiger partial charge in [0.1, 0.15) is 0 Å². The van der Waals surface area contributed by atoms with Crippen molar-refractivity contribution in [3.8, 4) is 0 Å². The molecular weight excluding hydrogens is 246 g/mol. The Labute approximate surface area is 105 Å². The number of rotatable bonds is 3. The normalized spacial score (nSPS) is 19.5. The van der Waals surface area contributed by atoms with Crippen molar-refractivity contribution in [1.29, 1.82) is 0 Å².